The van der Waals surface area contributed by atoms with Gasteiger partial charge in [-0.3, -0.25) is 4.79 Å². The third-order valence-electron chi connectivity index (χ3n) is 2.62. The van der Waals surface area contributed by atoms with E-state index in [1.54, 1.807) is 0 Å². The van der Waals surface area contributed by atoms with E-state index in [2.05, 4.69) is 40.0 Å². The summed E-state index contributed by atoms with van der Waals surface area (Å²) in [5.41, 5.74) is 0.697. The molecule has 18 heavy (non-hydrogen) atoms. The Hall–Kier alpha value is -0.810. The molecule has 1 aromatic heterocycles. The van der Waals surface area contributed by atoms with Crippen molar-refractivity contribution in [3.63, 3.8) is 0 Å². The maximum atomic E-state index is 12.2. The summed E-state index contributed by atoms with van der Waals surface area (Å²) in [6.07, 6.45) is 1.94. The number of rotatable bonds is 5. The SMILES string of the molecule is CC(CN(C)C)NC(=O)c1cc(Br)cn1C(C)C. The van der Waals surface area contributed by atoms with Crippen molar-refractivity contribution in [1.82, 2.24) is 14.8 Å². The molecule has 0 aromatic carbocycles. The molecule has 0 saturated heterocycles. The van der Waals surface area contributed by atoms with Crippen LogP contribution in [0.1, 0.15) is 37.3 Å². The highest BCUT2D eigenvalue weighted by molar-refractivity contribution is 9.10. The molecule has 5 heteroatoms. The number of aromatic nitrogens is 1. The van der Waals surface area contributed by atoms with Gasteiger partial charge in [0.15, 0.2) is 0 Å². The summed E-state index contributed by atoms with van der Waals surface area (Å²) < 4.78 is 2.91. The molecule has 1 rings (SSSR count). The fourth-order valence-corrected chi connectivity index (χ4v) is 2.38. The summed E-state index contributed by atoms with van der Waals surface area (Å²) in [4.78, 5) is 14.3. The minimum absolute atomic E-state index is 0.0243. The fraction of sp³-hybridized carbons (Fsp3) is 0.615. The minimum atomic E-state index is -0.0243. The van der Waals surface area contributed by atoms with Crippen molar-refractivity contribution in [2.75, 3.05) is 20.6 Å². The number of nitrogens with zero attached hydrogens (tertiary/aromatic N) is 2. The van der Waals surface area contributed by atoms with Gasteiger partial charge in [-0.05, 0) is 56.9 Å². The molecule has 0 aliphatic rings. The molecule has 1 aromatic rings. The average Bonchev–Trinajstić information content (AvgIpc) is 2.58. The van der Waals surface area contributed by atoms with E-state index >= 15 is 0 Å². The van der Waals surface area contributed by atoms with Crippen LogP contribution in [0.5, 0.6) is 0 Å². The number of hydrogen-bond donors (Lipinski definition) is 1. The van der Waals surface area contributed by atoms with E-state index in [0.717, 1.165) is 11.0 Å². The Kier molecular flexibility index (Phi) is 5.41. The number of carbonyl (C=O) groups is 1. The van der Waals surface area contributed by atoms with Gasteiger partial charge in [-0.1, -0.05) is 0 Å². The molecule has 4 nitrogen and oxygen atoms in total. The minimum Gasteiger partial charge on any atom is -0.347 e. The molecule has 0 aliphatic carbocycles. The van der Waals surface area contributed by atoms with E-state index < -0.39 is 0 Å². The fourth-order valence-electron chi connectivity index (χ4n) is 1.95. The van der Waals surface area contributed by atoms with Crippen LogP contribution in [0.2, 0.25) is 0 Å². The summed E-state index contributed by atoms with van der Waals surface area (Å²) in [6.45, 7) is 6.96. The van der Waals surface area contributed by atoms with Crippen LogP contribution in [0.3, 0.4) is 0 Å². The maximum absolute atomic E-state index is 12.2. The zero-order chi connectivity index (χ0) is 13.9. The molecule has 1 heterocycles. The molecule has 1 unspecified atom stereocenters. The second-order valence-electron chi connectivity index (χ2n) is 5.18. The van der Waals surface area contributed by atoms with Gasteiger partial charge in [-0.25, -0.2) is 0 Å². The van der Waals surface area contributed by atoms with Crippen LogP contribution in [0.25, 0.3) is 0 Å². The van der Waals surface area contributed by atoms with Gasteiger partial charge in [0.05, 0.1) is 0 Å². The molecule has 0 radical (unpaired) electrons. The van der Waals surface area contributed by atoms with Gasteiger partial charge < -0.3 is 14.8 Å². The standard InChI is InChI=1S/C13H22BrN3O/c1-9(2)17-8-11(14)6-12(17)13(18)15-10(3)7-16(4)5/h6,8-10H,7H2,1-5H3,(H,15,18). The predicted molar refractivity (Wildman–Crippen MR) is 78.0 cm³/mol. The number of halogens is 1. The molecular weight excluding hydrogens is 294 g/mol. The Morgan fingerprint density at radius 3 is 2.56 bits per heavy atom. The van der Waals surface area contributed by atoms with Gasteiger partial charge in [-0.2, -0.15) is 0 Å². The van der Waals surface area contributed by atoms with Crippen molar-refractivity contribution >= 4 is 21.8 Å². The zero-order valence-corrected chi connectivity index (χ0v) is 13.3. The Balaban J connectivity index is 2.78. The second-order valence-corrected chi connectivity index (χ2v) is 6.10. The van der Waals surface area contributed by atoms with Crippen molar-refractivity contribution < 1.29 is 4.79 Å². The Morgan fingerprint density at radius 2 is 2.06 bits per heavy atom. The highest BCUT2D eigenvalue weighted by Crippen LogP contribution is 2.19. The lowest BCUT2D eigenvalue weighted by atomic mass is 10.3. The van der Waals surface area contributed by atoms with Crippen molar-refractivity contribution in [1.29, 1.82) is 0 Å². The maximum Gasteiger partial charge on any atom is 0.268 e. The Bertz CT molecular complexity index is 412. The average molecular weight is 316 g/mol. The van der Waals surface area contributed by atoms with Gasteiger partial charge in [-0.15, -0.1) is 0 Å². The summed E-state index contributed by atoms with van der Waals surface area (Å²) >= 11 is 3.42. The monoisotopic (exact) mass is 315 g/mol. The van der Waals surface area contributed by atoms with Crippen LogP contribution in [0.15, 0.2) is 16.7 Å². The lowest BCUT2D eigenvalue weighted by Crippen LogP contribution is -2.40. The van der Waals surface area contributed by atoms with Crippen molar-refractivity contribution in [2.45, 2.75) is 32.9 Å². The van der Waals surface area contributed by atoms with Gasteiger partial charge in [0, 0.05) is 29.3 Å². The Morgan fingerprint density at radius 1 is 1.44 bits per heavy atom. The first kappa shape index (κ1) is 15.2. The third kappa shape index (κ3) is 4.14. The molecule has 0 fully saturated rings. The molecule has 1 N–H and O–H groups in total. The normalized spacial score (nSPS) is 13.1. The topological polar surface area (TPSA) is 37.3 Å². The smallest absolute Gasteiger partial charge is 0.268 e. The Labute approximate surface area is 117 Å². The number of hydrogen-bond acceptors (Lipinski definition) is 2. The molecule has 0 aliphatic heterocycles. The number of nitrogens with one attached hydrogen (secondary N) is 1. The first-order valence-electron chi connectivity index (χ1n) is 6.14. The van der Waals surface area contributed by atoms with E-state index in [-0.39, 0.29) is 18.0 Å². The van der Waals surface area contributed by atoms with Crippen LogP contribution in [0.4, 0.5) is 0 Å². The molecule has 0 spiro atoms. The van der Waals surface area contributed by atoms with E-state index in [0.29, 0.717) is 5.69 Å². The summed E-state index contributed by atoms with van der Waals surface area (Å²) in [6, 6.07) is 2.25. The van der Waals surface area contributed by atoms with E-state index in [1.807, 2.05) is 37.8 Å². The number of carbonyl (C=O) groups excluding carboxylic acids is 1. The van der Waals surface area contributed by atoms with E-state index in [1.165, 1.54) is 0 Å². The highest BCUT2D eigenvalue weighted by atomic mass is 79.9. The zero-order valence-electron chi connectivity index (χ0n) is 11.7. The first-order chi connectivity index (χ1) is 8.31. The number of amides is 1. The first-order valence-corrected chi connectivity index (χ1v) is 6.93. The molecule has 1 atom stereocenters. The second kappa shape index (κ2) is 6.38. The van der Waals surface area contributed by atoms with Crippen LogP contribution >= 0.6 is 15.9 Å². The highest BCUT2D eigenvalue weighted by Gasteiger charge is 2.16. The molecule has 0 saturated carbocycles. The van der Waals surface area contributed by atoms with Crippen LogP contribution in [-0.4, -0.2) is 42.1 Å². The van der Waals surface area contributed by atoms with Crippen LogP contribution in [-0.2, 0) is 0 Å². The van der Waals surface area contributed by atoms with Gasteiger partial charge in [0.1, 0.15) is 5.69 Å². The third-order valence-corrected chi connectivity index (χ3v) is 3.05. The number of likely N-dealkylation sites (N-methyl/N-ethyl adjacent to an activating group) is 1. The van der Waals surface area contributed by atoms with Crippen molar-refractivity contribution in [2.24, 2.45) is 0 Å². The van der Waals surface area contributed by atoms with Gasteiger partial charge in [0.2, 0.25) is 0 Å². The lowest BCUT2D eigenvalue weighted by molar-refractivity contribution is 0.0923. The summed E-state index contributed by atoms with van der Waals surface area (Å²) in [5, 5.41) is 3.01. The van der Waals surface area contributed by atoms with E-state index in [9.17, 15) is 4.79 Å². The quantitative estimate of drug-likeness (QED) is 0.906. The molecule has 0 bridgehead atoms. The van der Waals surface area contributed by atoms with Gasteiger partial charge >= 0.3 is 0 Å². The van der Waals surface area contributed by atoms with E-state index in [4.69, 9.17) is 0 Å². The molecule has 1 amide bonds. The summed E-state index contributed by atoms with van der Waals surface area (Å²) in [7, 11) is 3.99. The predicted octanol–water partition coefficient (Wildman–Crippen LogP) is 2.51. The van der Waals surface area contributed by atoms with Crippen molar-refractivity contribution in [3.8, 4) is 0 Å². The lowest BCUT2D eigenvalue weighted by Gasteiger charge is -2.19. The van der Waals surface area contributed by atoms with Crippen LogP contribution in [0, 0.1) is 0 Å². The molecule has 102 valence electrons. The largest absolute Gasteiger partial charge is 0.347 e. The van der Waals surface area contributed by atoms with Crippen molar-refractivity contribution in [3.05, 3.63) is 22.4 Å². The molecular formula is C13H22BrN3O. The summed E-state index contributed by atoms with van der Waals surface area (Å²) in [5.74, 6) is -0.0243. The van der Waals surface area contributed by atoms with Crippen LogP contribution < -0.4 is 5.32 Å². The van der Waals surface area contributed by atoms with Gasteiger partial charge in [0.25, 0.3) is 5.91 Å².